The molecule has 30 heavy (non-hydrogen) atoms. The average molecular weight is 412 g/mol. The Balaban J connectivity index is 2.15. The van der Waals surface area contributed by atoms with Gasteiger partial charge >= 0.3 is 0 Å². The molecule has 1 aliphatic rings. The lowest BCUT2D eigenvalue weighted by atomic mass is 9.95. The highest BCUT2D eigenvalue weighted by atomic mass is 19.1. The van der Waals surface area contributed by atoms with Gasteiger partial charge in [-0.25, -0.2) is 14.4 Å². The van der Waals surface area contributed by atoms with Crippen LogP contribution < -0.4 is 0 Å². The van der Waals surface area contributed by atoms with E-state index in [0.717, 1.165) is 0 Å². The Bertz CT molecular complexity index is 1020. The first-order valence-corrected chi connectivity index (χ1v) is 9.70. The first kappa shape index (κ1) is 21.6. The normalized spacial score (nSPS) is 18.5. The molecule has 1 aromatic carbocycles. The van der Waals surface area contributed by atoms with E-state index in [9.17, 15) is 19.1 Å². The molecule has 1 atom stereocenters. The van der Waals surface area contributed by atoms with Crippen LogP contribution in [0.4, 0.5) is 4.39 Å². The van der Waals surface area contributed by atoms with Crippen molar-refractivity contribution in [1.82, 2.24) is 19.8 Å². The number of ketones is 1. The highest BCUT2D eigenvalue weighted by molar-refractivity contribution is 6.46. The fourth-order valence-electron chi connectivity index (χ4n) is 3.65. The first-order chi connectivity index (χ1) is 14.2. The number of hydrogen-bond donors (Lipinski definition) is 1. The Kier molecular flexibility index (Phi) is 6.26. The van der Waals surface area contributed by atoms with Crippen LogP contribution in [0.15, 0.2) is 36.0 Å². The van der Waals surface area contributed by atoms with Gasteiger partial charge in [-0.15, -0.1) is 0 Å². The summed E-state index contributed by atoms with van der Waals surface area (Å²) in [7, 11) is 3.81. The number of aliphatic hydroxyl groups excluding tert-OH is 1. The number of likely N-dealkylation sites (tertiary alicyclic amines) is 1. The summed E-state index contributed by atoms with van der Waals surface area (Å²) in [4.78, 5) is 37.3. The summed E-state index contributed by atoms with van der Waals surface area (Å²) in [5, 5.41) is 11.0. The lowest BCUT2D eigenvalue weighted by Crippen LogP contribution is -2.32. The molecular weight excluding hydrogens is 387 g/mol. The van der Waals surface area contributed by atoms with Gasteiger partial charge in [0.1, 0.15) is 17.4 Å². The van der Waals surface area contributed by atoms with Gasteiger partial charge in [0.2, 0.25) is 0 Å². The van der Waals surface area contributed by atoms with Gasteiger partial charge in [0.05, 0.1) is 22.9 Å². The Morgan fingerprint density at radius 3 is 2.57 bits per heavy atom. The monoisotopic (exact) mass is 412 g/mol. The molecule has 2 heterocycles. The number of nitrogens with zero attached hydrogens (tertiary/aromatic N) is 4. The zero-order valence-corrected chi connectivity index (χ0v) is 17.5. The Hall–Kier alpha value is -3.13. The molecular formula is C22H25FN4O3. The SMILES string of the molecule is Cc1ncc(C(O)=C2C(=O)C(=O)N(CCCN(C)C)[C@H]2c2ccccc2F)c(C)n1. The van der Waals surface area contributed by atoms with E-state index >= 15 is 0 Å². The molecule has 0 bridgehead atoms. The topological polar surface area (TPSA) is 86.6 Å². The van der Waals surface area contributed by atoms with E-state index < -0.39 is 29.3 Å². The second-order valence-corrected chi connectivity index (χ2v) is 7.59. The van der Waals surface area contributed by atoms with Crippen LogP contribution in [0.2, 0.25) is 0 Å². The Labute approximate surface area is 174 Å². The van der Waals surface area contributed by atoms with Crippen molar-refractivity contribution in [2.75, 3.05) is 27.2 Å². The maximum atomic E-state index is 14.7. The van der Waals surface area contributed by atoms with Crippen molar-refractivity contribution in [3.8, 4) is 0 Å². The fourth-order valence-corrected chi connectivity index (χ4v) is 3.65. The van der Waals surface area contributed by atoms with Gasteiger partial charge in [-0.05, 0) is 47.0 Å². The lowest BCUT2D eigenvalue weighted by molar-refractivity contribution is -0.140. The van der Waals surface area contributed by atoms with Crippen molar-refractivity contribution in [1.29, 1.82) is 0 Å². The number of aryl methyl sites for hydroxylation is 2. The molecule has 1 fully saturated rings. The molecule has 8 heteroatoms. The van der Waals surface area contributed by atoms with Crippen LogP contribution >= 0.6 is 0 Å². The summed E-state index contributed by atoms with van der Waals surface area (Å²) >= 11 is 0. The standard InChI is InChI=1S/C22H25FN4O3/c1-13-16(12-24-14(2)25-13)20(28)18-19(15-8-5-6-9-17(15)23)27(22(30)21(18)29)11-7-10-26(3)4/h5-6,8-9,12,19,28H,7,10-11H2,1-4H3/t19-/m0/s1. The van der Waals surface area contributed by atoms with Crippen LogP contribution in [-0.2, 0) is 9.59 Å². The van der Waals surface area contributed by atoms with Crippen molar-refractivity contribution in [2.24, 2.45) is 0 Å². The third kappa shape index (κ3) is 4.09. The maximum absolute atomic E-state index is 14.7. The third-order valence-electron chi connectivity index (χ3n) is 5.10. The first-order valence-electron chi connectivity index (χ1n) is 9.70. The van der Waals surface area contributed by atoms with Crippen LogP contribution in [0.25, 0.3) is 5.76 Å². The van der Waals surface area contributed by atoms with Crippen LogP contribution in [-0.4, -0.2) is 63.7 Å². The van der Waals surface area contributed by atoms with Gasteiger partial charge in [0, 0.05) is 18.3 Å². The number of halogens is 1. The van der Waals surface area contributed by atoms with Gasteiger partial charge in [-0.1, -0.05) is 18.2 Å². The number of aliphatic hydroxyl groups is 1. The summed E-state index contributed by atoms with van der Waals surface area (Å²) in [6.45, 7) is 4.33. The van der Waals surface area contributed by atoms with Gasteiger partial charge in [0.25, 0.3) is 11.7 Å². The third-order valence-corrected chi connectivity index (χ3v) is 5.10. The molecule has 2 aromatic rings. The highest BCUT2D eigenvalue weighted by Gasteiger charge is 2.46. The summed E-state index contributed by atoms with van der Waals surface area (Å²) in [6.07, 6.45) is 2.00. The molecule has 1 aromatic heterocycles. The fraction of sp³-hybridized carbons (Fsp3) is 0.364. The van der Waals surface area contributed by atoms with E-state index in [2.05, 4.69) is 9.97 Å². The molecule has 1 amide bonds. The van der Waals surface area contributed by atoms with Crippen LogP contribution in [0, 0.1) is 19.7 Å². The number of rotatable bonds is 6. The molecule has 1 N–H and O–H groups in total. The van der Waals surface area contributed by atoms with Crippen molar-refractivity contribution >= 4 is 17.4 Å². The van der Waals surface area contributed by atoms with Gasteiger partial charge in [-0.2, -0.15) is 0 Å². The largest absolute Gasteiger partial charge is 0.507 e. The van der Waals surface area contributed by atoms with Crippen molar-refractivity contribution in [2.45, 2.75) is 26.3 Å². The van der Waals surface area contributed by atoms with Crippen molar-refractivity contribution < 1.29 is 19.1 Å². The zero-order chi connectivity index (χ0) is 22.0. The van der Waals surface area contributed by atoms with Crippen molar-refractivity contribution in [3.05, 3.63) is 64.5 Å². The number of Topliss-reactive ketones (excluding diaryl/α,β-unsaturated/α-hetero) is 1. The Morgan fingerprint density at radius 2 is 1.93 bits per heavy atom. The molecule has 0 aliphatic carbocycles. The number of benzene rings is 1. The summed E-state index contributed by atoms with van der Waals surface area (Å²) in [5.74, 6) is -2.03. The van der Waals surface area contributed by atoms with Crippen LogP contribution in [0.5, 0.6) is 0 Å². The highest BCUT2D eigenvalue weighted by Crippen LogP contribution is 2.40. The van der Waals surface area contributed by atoms with E-state index in [1.807, 2.05) is 19.0 Å². The molecule has 3 rings (SSSR count). The summed E-state index contributed by atoms with van der Waals surface area (Å²) in [6, 6.07) is 4.95. The van der Waals surface area contributed by atoms with E-state index in [4.69, 9.17) is 0 Å². The van der Waals surface area contributed by atoms with Gasteiger partial charge < -0.3 is 14.9 Å². The average Bonchev–Trinajstić information content (AvgIpc) is 2.92. The van der Waals surface area contributed by atoms with E-state index in [-0.39, 0.29) is 23.2 Å². The quantitative estimate of drug-likeness (QED) is 0.446. The van der Waals surface area contributed by atoms with Crippen molar-refractivity contribution in [3.63, 3.8) is 0 Å². The molecule has 1 saturated heterocycles. The zero-order valence-electron chi connectivity index (χ0n) is 17.5. The second-order valence-electron chi connectivity index (χ2n) is 7.59. The predicted molar refractivity (Wildman–Crippen MR) is 110 cm³/mol. The minimum Gasteiger partial charge on any atom is -0.507 e. The van der Waals surface area contributed by atoms with Crippen LogP contribution in [0.3, 0.4) is 0 Å². The number of amides is 1. The number of carbonyl (C=O) groups excluding carboxylic acids is 2. The Morgan fingerprint density at radius 1 is 1.23 bits per heavy atom. The van der Waals surface area contributed by atoms with Gasteiger partial charge in [-0.3, -0.25) is 9.59 Å². The lowest BCUT2D eigenvalue weighted by Gasteiger charge is -2.26. The summed E-state index contributed by atoms with van der Waals surface area (Å²) < 4.78 is 14.7. The summed E-state index contributed by atoms with van der Waals surface area (Å²) in [5.41, 5.74) is 0.721. The molecule has 0 unspecified atom stereocenters. The molecule has 1 aliphatic heterocycles. The smallest absolute Gasteiger partial charge is 0.295 e. The second kappa shape index (κ2) is 8.71. The minimum atomic E-state index is -1.02. The molecule has 0 saturated carbocycles. The van der Waals surface area contributed by atoms with E-state index in [0.29, 0.717) is 24.5 Å². The molecule has 7 nitrogen and oxygen atoms in total. The number of aromatic nitrogens is 2. The van der Waals surface area contributed by atoms with Crippen LogP contribution in [0.1, 0.15) is 35.1 Å². The molecule has 0 spiro atoms. The van der Waals surface area contributed by atoms with Gasteiger partial charge in [0.15, 0.2) is 0 Å². The maximum Gasteiger partial charge on any atom is 0.295 e. The number of carbonyl (C=O) groups is 2. The number of hydrogen-bond acceptors (Lipinski definition) is 6. The minimum absolute atomic E-state index is 0.148. The van der Waals surface area contributed by atoms with E-state index in [1.54, 1.807) is 19.9 Å². The van der Waals surface area contributed by atoms with E-state index in [1.165, 1.54) is 29.3 Å². The molecule has 0 radical (unpaired) electrons. The molecule has 158 valence electrons. The predicted octanol–water partition coefficient (Wildman–Crippen LogP) is 2.61.